The number of nitrogens with one attached hydrogen (secondary N) is 2. The van der Waals surface area contributed by atoms with Gasteiger partial charge in [-0.25, -0.2) is 4.39 Å². The first-order valence-electron chi connectivity index (χ1n) is 8.11. The van der Waals surface area contributed by atoms with E-state index in [0.717, 1.165) is 24.3 Å². The smallest absolute Gasteiger partial charge is 0.419 e. The highest BCUT2D eigenvalue weighted by Gasteiger charge is 2.34. The molecule has 3 rings (SSSR count). The lowest BCUT2D eigenvalue weighted by Gasteiger charge is -2.22. The molecule has 1 aliphatic heterocycles. The number of anilines is 1. The van der Waals surface area contributed by atoms with Crippen molar-refractivity contribution >= 4 is 24.0 Å². The summed E-state index contributed by atoms with van der Waals surface area (Å²) in [5, 5.41) is 5.49. The molecule has 10 heteroatoms. The zero-order valence-electron chi connectivity index (χ0n) is 14.4. The van der Waals surface area contributed by atoms with Gasteiger partial charge in [0, 0.05) is 24.8 Å². The summed E-state index contributed by atoms with van der Waals surface area (Å²) in [5.74, 6) is -2.26. The van der Waals surface area contributed by atoms with Crippen LogP contribution in [-0.2, 0) is 15.7 Å². The van der Waals surface area contributed by atoms with Gasteiger partial charge in [0.15, 0.2) is 11.6 Å². The maximum atomic E-state index is 14.3. The Kier molecular flexibility index (Phi) is 7.22. The Balaban J connectivity index is 0.00000280. The summed E-state index contributed by atoms with van der Waals surface area (Å²) in [7, 11) is 0. The number of rotatable bonds is 4. The molecular formula is C18H17ClF4N2O3. The number of ether oxygens (including phenoxy) is 2. The predicted octanol–water partition coefficient (Wildman–Crippen LogP) is 3.99. The van der Waals surface area contributed by atoms with Gasteiger partial charge in [0.2, 0.25) is 0 Å². The quantitative estimate of drug-likeness (QED) is 0.734. The Morgan fingerprint density at radius 2 is 1.93 bits per heavy atom. The lowest BCUT2D eigenvalue weighted by molar-refractivity contribution is -0.138. The van der Waals surface area contributed by atoms with Crippen molar-refractivity contribution in [3.05, 3.63) is 53.8 Å². The molecule has 1 aliphatic rings. The van der Waals surface area contributed by atoms with Crippen LogP contribution in [0.15, 0.2) is 42.5 Å². The number of carbonyl (C=O) groups excluding carboxylic acids is 1. The largest absolute Gasteiger partial charge is 0.454 e. The molecule has 1 unspecified atom stereocenters. The Hall–Kier alpha value is -2.36. The summed E-state index contributed by atoms with van der Waals surface area (Å²) in [4.78, 5) is 12.1. The molecule has 2 aromatic carbocycles. The van der Waals surface area contributed by atoms with Crippen molar-refractivity contribution < 1.29 is 31.8 Å². The number of amides is 1. The molecule has 0 saturated carbocycles. The van der Waals surface area contributed by atoms with Crippen molar-refractivity contribution in [1.29, 1.82) is 0 Å². The van der Waals surface area contributed by atoms with E-state index in [0.29, 0.717) is 19.7 Å². The topological polar surface area (TPSA) is 59.6 Å². The van der Waals surface area contributed by atoms with E-state index in [1.165, 1.54) is 18.2 Å². The van der Waals surface area contributed by atoms with Gasteiger partial charge in [0.1, 0.15) is 11.9 Å². The highest BCUT2D eigenvalue weighted by atomic mass is 35.5. The van der Waals surface area contributed by atoms with Crippen LogP contribution in [-0.4, -0.2) is 31.7 Å². The van der Waals surface area contributed by atoms with E-state index < -0.39 is 35.3 Å². The molecule has 0 bridgehead atoms. The third-order valence-corrected chi connectivity index (χ3v) is 3.83. The average molecular weight is 421 g/mol. The molecule has 2 N–H and O–H groups in total. The molecule has 152 valence electrons. The second kappa shape index (κ2) is 9.22. The first kappa shape index (κ1) is 21.9. The maximum absolute atomic E-state index is 14.3. The van der Waals surface area contributed by atoms with Crippen LogP contribution in [0, 0.1) is 5.82 Å². The predicted molar refractivity (Wildman–Crippen MR) is 96.4 cm³/mol. The number of alkyl halides is 3. The minimum atomic E-state index is -4.63. The molecule has 1 atom stereocenters. The number of hydrogen-bond acceptors (Lipinski definition) is 4. The average Bonchev–Trinajstić information content (AvgIpc) is 2.64. The van der Waals surface area contributed by atoms with Crippen molar-refractivity contribution in [3.63, 3.8) is 0 Å². The van der Waals surface area contributed by atoms with Crippen LogP contribution in [0.4, 0.5) is 23.2 Å². The van der Waals surface area contributed by atoms with Gasteiger partial charge >= 0.3 is 6.18 Å². The molecule has 0 spiro atoms. The molecule has 1 amide bonds. The Labute approximate surface area is 164 Å². The lowest BCUT2D eigenvalue weighted by Crippen LogP contribution is -2.45. The van der Waals surface area contributed by atoms with Crippen LogP contribution in [0.25, 0.3) is 0 Å². The van der Waals surface area contributed by atoms with E-state index in [9.17, 15) is 22.4 Å². The fraction of sp³-hybridized carbons (Fsp3) is 0.278. The van der Waals surface area contributed by atoms with E-state index in [1.54, 1.807) is 0 Å². The molecule has 28 heavy (non-hydrogen) atoms. The standard InChI is InChI=1S/C18H16F4N2O3.ClH/c19-13-9-11(24-17(25)16-10-23-7-8-26-16)5-6-15(13)27-14-4-2-1-3-12(14)18(20,21)22;/h1-6,9,16,23H,7-8,10H2,(H,24,25);1H. The van der Waals surface area contributed by atoms with Crippen molar-refractivity contribution in [1.82, 2.24) is 5.32 Å². The number of para-hydroxylation sites is 1. The van der Waals surface area contributed by atoms with Crippen LogP contribution < -0.4 is 15.4 Å². The molecule has 0 aromatic heterocycles. The van der Waals surface area contributed by atoms with Gasteiger partial charge in [-0.15, -0.1) is 12.4 Å². The van der Waals surface area contributed by atoms with Gasteiger partial charge in [-0.2, -0.15) is 13.2 Å². The van der Waals surface area contributed by atoms with Crippen molar-refractivity contribution in [3.8, 4) is 11.5 Å². The first-order chi connectivity index (χ1) is 12.8. The van der Waals surface area contributed by atoms with Crippen LogP contribution in [0.5, 0.6) is 11.5 Å². The Morgan fingerprint density at radius 3 is 2.57 bits per heavy atom. The van der Waals surface area contributed by atoms with Crippen LogP contribution in [0.2, 0.25) is 0 Å². The number of hydrogen-bond donors (Lipinski definition) is 2. The summed E-state index contributed by atoms with van der Waals surface area (Å²) < 4.78 is 63.6. The fourth-order valence-electron chi connectivity index (χ4n) is 2.53. The Morgan fingerprint density at radius 1 is 1.18 bits per heavy atom. The SMILES string of the molecule is Cl.O=C(Nc1ccc(Oc2ccccc2C(F)(F)F)c(F)c1)C1CNCCO1. The molecule has 1 heterocycles. The number of benzene rings is 2. The third kappa shape index (κ3) is 5.34. The van der Waals surface area contributed by atoms with Crippen LogP contribution in [0.3, 0.4) is 0 Å². The summed E-state index contributed by atoms with van der Waals surface area (Å²) in [6.07, 6.45) is -5.33. The molecule has 1 fully saturated rings. The minimum Gasteiger partial charge on any atom is -0.454 e. The van der Waals surface area contributed by atoms with E-state index in [1.807, 2.05) is 0 Å². The highest BCUT2D eigenvalue weighted by Crippen LogP contribution is 2.38. The first-order valence-corrected chi connectivity index (χ1v) is 8.11. The molecule has 2 aromatic rings. The molecule has 0 radical (unpaired) electrons. The van der Waals surface area contributed by atoms with E-state index >= 15 is 0 Å². The molecule has 0 aliphatic carbocycles. The van der Waals surface area contributed by atoms with Crippen molar-refractivity contribution in [2.75, 3.05) is 25.0 Å². The minimum absolute atomic E-state index is 0. The summed E-state index contributed by atoms with van der Waals surface area (Å²) in [5.41, 5.74) is -0.869. The second-order valence-corrected chi connectivity index (χ2v) is 5.79. The zero-order chi connectivity index (χ0) is 19.4. The highest BCUT2D eigenvalue weighted by molar-refractivity contribution is 5.94. The third-order valence-electron chi connectivity index (χ3n) is 3.83. The van der Waals surface area contributed by atoms with Gasteiger partial charge in [0.25, 0.3) is 5.91 Å². The van der Waals surface area contributed by atoms with Gasteiger partial charge < -0.3 is 20.1 Å². The van der Waals surface area contributed by atoms with E-state index in [2.05, 4.69) is 10.6 Å². The van der Waals surface area contributed by atoms with Gasteiger partial charge in [-0.3, -0.25) is 4.79 Å². The molecule has 5 nitrogen and oxygen atoms in total. The maximum Gasteiger partial charge on any atom is 0.419 e. The normalized spacial score (nSPS) is 16.8. The van der Waals surface area contributed by atoms with Crippen LogP contribution in [0.1, 0.15) is 5.56 Å². The van der Waals surface area contributed by atoms with Gasteiger partial charge in [-0.1, -0.05) is 12.1 Å². The summed E-state index contributed by atoms with van der Waals surface area (Å²) in [6.45, 7) is 1.37. The van der Waals surface area contributed by atoms with Crippen molar-refractivity contribution in [2.24, 2.45) is 0 Å². The fourth-order valence-corrected chi connectivity index (χ4v) is 2.53. The molecule has 1 saturated heterocycles. The molecular weight excluding hydrogens is 404 g/mol. The van der Waals surface area contributed by atoms with Crippen molar-refractivity contribution in [2.45, 2.75) is 12.3 Å². The number of carbonyl (C=O) groups is 1. The monoisotopic (exact) mass is 420 g/mol. The summed E-state index contributed by atoms with van der Waals surface area (Å²) >= 11 is 0. The zero-order valence-corrected chi connectivity index (χ0v) is 15.2. The van der Waals surface area contributed by atoms with Crippen LogP contribution >= 0.6 is 12.4 Å². The van der Waals surface area contributed by atoms with Gasteiger partial charge in [0.05, 0.1) is 12.2 Å². The summed E-state index contributed by atoms with van der Waals surface area (Å²) in [6, 6.07) is 7.98. The number of halogens is 5. The number of morpholine rings is 1. The van der Waals surface area contributed by atoms with Gasteiger partial charge in [-0.05, 0) is 24.3 Å². The lowest BCUT2D eigenvalue weighted by atomic mass is 10.2. The Bertz CT molecular complexity index is 827. The van der Waals surface area contributed by atoms with E-state index in [4.69, 9.17) is 9.47 Å². The van der Waals surface area contributed by atoms with E-state index in [-0.39, 0.29) is 23.8 Å². The second-order valence-electron chi connectivity index (χ2n) is 5.79.